The minimum absolute atomic E-state index is 0.161. The van der Waals surface area contributed by atoms with Crippen LogP contribution in [0.3, 0.4) is 0 Å². The molecule has 0 aliphatic rings. The number of nitrogens with two attached hydrogens (primary N) is 1. The van der Waals surface area contributed by atoms with E-state index >= 15 is 0 Å². The van der Waals surface area contributed by atoms with Crippen LogP contribution in [-0.4, -0.2) is 34.3 Å². The number of hydrogen-bond donors (Lipinski definition) is 2. The summed E-state index contributed by atoms with van der Waals surface area (Å²) in [5, 5.41) is 8.48. The SMILES string of the molecule is CN(CCC(C)(C)N)c1ccc(-c2ccc[nH]2)nn1. The molecule has 0 amide bonds. The number of rotatable bonds is 5. The number of anilines is 1. The zero-order valence-electron chi connectivity index (χ0n) is 11.7. The second-order valence-corrected chi connectivity index (χ2v) is 5.52. The maximum Gasteiger partial charge on any atom is 0.151 e. The summed E-state index contributed by atoms with van der Waals surface area (Å²) in [6, 6.07) is 7.87. The topological polar surface area (TPSA) is 70.8 Å². The van der Waals surface area contributed by atoms with Gasteiger partial charge in [-0.15, -0.1) is 10.2 Å². The van der Waals surface area contributed by atoms with Crippen LogP contribution in [-0.2, 0) is 0 Å². The molecule has 0 saturated carbocycles. The van der Waals surface area contributed by atoms with Crippen molar-refractivity contribution in [2.75, 3.05) is 18.5 Å². The van der Waals surface area contributed by atoms with Gasteiger partial charge in [0.15, 0.2) is 5.82 Å². The third-order valence-corrected chi connectivity index (χ3v) is 3.01. The highest BCUT2D eigenvalue weighted by Crippen LogP contribution is 2.16. The first-order chi connectivity index (χ1) is 8.96. The Labute approximate surface area is 113 Å². The van der Waals surface area contributed by atoms with Crippen LogP contribution in [0.2, 0.25) is 0 Å². The molecule has 0 unspecified atom stereocenters. The summed E-state index contributed by atoms with van der Waals surface area (Å²) in [5.41, 5.74) is 7.65. The van der Waals surface area contributed by atoms with Gasteiger partial charge in [-0.3, -0.25) is 0 Å². The first-order valence-electron chi connectivity index (χ1n) is 6.43. The number of H-pyrrole nitrogens is 1. The van der Waals surface area contributed by atoms with E-state index in [-0.39, 0.29) is 5.54 Å². The van der Waals surface area contributed by atoms with E-state index in [1.54, 1.807) is 0 Å². The molecule has 2 aromatic heterocycles. The first kappa shape index (κ1) is 13.5. The average Bonchev–Trinajstić information content (AvgIpc) is 2.89. The zero-order valence-corrected chi connectivity index (χ0v) is 11.7. The Morgan fingerprint density at radius 3 is 2.58 bits per heavy atom. The number of aromatic amines is 1. The Hall–Kier alpha value is -1.88. The fourth-order valence-corrected chi connectivity index (χ4v) is 1.73. The van der Waals surface area contributed by atoms with Gasteiger partial charge in [0.2, 0.25) is 0 Å². The molecule has 0 saturated heterocycles. The van der Waals surface area contributed by atoms with Crippen LogP contribution in [0.25, 0.3) is 11.4 Å². The summed E-state index contributed by atoms with van der Waals surface area (Å²) in [6.45, 7) is 4.92. The Bertz CT molecular complexity index is 496. The molecule has 2 rings (SSSR count). The van der Waals surface area contributed by atoms with Crippen LogP contribution >= 0.6 is 0 Å². The molecule has 5 heteroatoms. The van der Waals surface area contributed by atoms with E-state index in [0.29, 0.717) is 0 Å². The Balaban J connectivity index is 2.02. The molecule has 0 aliphatic carbocycles. The van der Waals surface area contributed by atoms with Crippen molar-refractivity contribution in [1.82, 2.24) is 15.2 Å². The zero-order chi connectivity index (χ0) is 13.9. The average molecular weight is 259 g/mol. The summed E-state index contributed by atoms with van der Waals surface area (Å²) in [6.07, 6.45) is 2.78. The van der Waals surface area contributed by atoms with Crippen molar-refractivity contribution in [3.05, 3.63) is 30.5 Å². The molecule has 3 N–H and O–H groups in total. The molecule has 5 nitrogen and oxygen atoms in total. The van der Waals surface area contributed by atoms with Gasteiger partial charge >= 0.3 is 0 Å². The Morgan fingerprint density at radius 1 is 1.26 bits per heavy atom. The maximum atomic E-state index is 5.98. The molecule has 0 aromatic carbocycles. The van der Waals surface area contributed by atoms with Crippen molar-refractivity contribution in [3.63, 3.8) is 0 Å². The molecular formula is C14H21N5. The van der Waals surface area contributed by atoms with Crippen molar-refractivity contribution < 1.29 is 0 Å². The third-order valence-electron chi connectivity index (χ3n) is 3.01. The van der Waals surface area contributed by atoms with Crippen LogP contribution in [0, 0.1) is 0 Å². The van der Waals surface area contributed by atoms with Crippen molar-refractivity contribution in [1.29, 1.82) is 0 Å². The lowest BCUT2D eigenvalue weighted by molar-refractivity contribution is 0.478. The molecule has 2 aromatic rings. The summed E-state index contributed by atoms with van der Waals surface area (Å²) in [4.78, 5) is 5.18. The Morgan fingerprint density at radius 2 is 2.05 bits per heavy atom. The van der Waals surface area contributed by atoms with Crippen molar-refractivity contribution in [2.45, 2.75) is 25.8 Å². The molecule has 102 valence electrons. The maximum absolute atomic E-state index is 5.98. The van der Waals surface area contributed by atoms with Crippen LogP contribution < -0.4 is 10.6 Å². The van der Waals surface area contributed by atoms with Crippen molar-refractivity contribution >= 4 is 5.82 Å². The van der Waals surface area contributed by atoms with Gasteiger partial charge in [0.25, 0.3) is 0 Å². The highest BCUT2D eigenvalue weighted by Gasteiger charge is 2.13. The van der Waals surface area contributed by atoms with Gasteiger partial charge in [0.05, 0.1) is 5.69 Å². The summed E-state index contributed by atoms with van der Waals surface area (Å²) < 4.78 is 0. The summed E-state index contributed by atoms with van der Waals surface area (Å²) in [7, 11) is 2.00. The number of nitrogens with one attached hydrogen (secondary N) is 1. The van der Waals surface area contributed by atoms with Crippen LogP contribution in [0.4, 0.5) is 5.82 Å². The smallest absolute Gasteiger partial charge is 0.151 e. The number of hydrogen-bond acceptors (Lipinski definition) is 4. The van der Waals surface area contributed by atoms with Gasteiger partial charge < -0.3 is 15.6 Å². The molecular weight excluding hydrogens is 238 g/mol. The van der Waals surface area contributed by atoms with E-state index < -0.39 is 0 Å². The molecule has 19 heavy (non-hydrogen) atoms. The lowest BCUT2D eigenvalue weighted by Gasteiger charge is -2.24. The largest absolute Gasteiger partial charge is 0.360 e. The number of aromatic nitrogens is 3. The second kappa shape index (κ2) is 5.40. The van der Waals surface area contributed by atoms with Crippen molar-refractivity contribution in [2.24, 2.45) is 5.73 Å². The normalized spacial score (nSPS) is 11.6. The van der Waals surface area contributed by atoms with E-state index in [1.165, 1.54) is 0 Å². The Kier molecular flexibility index (Phi) is 3.85. The van der Waals surface area contributed by atoms with Gasteiger partial charge in [-0.25, -0.2) is 0 Å². The van der Waals surface area contributed by atoms with Gasteiger partial charge in [0.1, 0.15) is 5.69 Å². The lowest BCUT2D eigenvalue weighted by Crippen LogP contribution is -2.36. The molecule has 0 radical (unpaired) electrons. The fourth-order valence-electron chi connectivity index (χ4n) is 1.73. The predicted octanol–water partition coefficient (Wildman–Crippen LogP) is 2.04. The van der Waals surface area contributed by atoms with Crippen molar-refractivity contribution in [3.8, 4) is 11.4 Å². The minimum Gasteiger partial charge on any atom is -0.360 e. The second-order valence-electron chi connectivity index (χ2n) is 5.52. The van der Waals surface area contributed by atoms with Gasteiger partial charge in [-0.2, -0.15) is 0 Å². The standard InChI is InChI=1S/C14H21N5/c1-14(2,15)8-10-19(3)13-7-6-12(17-18-13)11-5-4-9-16-11/h4-7,9,16H,8,10,15H2,1-3H3. The van der Waals surface area contributed by atoms with E-state index in [2.05, 4.69) is 20.1 Å². The summed E-state index contributed by atoms with van der Waals surface area (Å²) in [5.74, 6) is 0.861. The molecule has 0 fully saturated rings. The fraction of sp³-hybridized carbons (Fsp3) is 0.429. The quantitative estimate of drug-likeness (QED) is 0.862. The molecule has 0 atom stereocenters. The van der Waals surface area contributed by atoms with E-state index in [4.69, 9.17) is 5.73 Å². The molecule has 0 aliphatic heterocycles. The third kappa shape index (κ3) is 3.79. The first-order valence-corrected chi connectivity index (χ1v) is 6.43. The van der Waals surface area contributed by atoms with E-state index in [1.807, 2.05) is 51.4 Å². The lowest BCUT2D eigenvalue weighted by atomic mass is 10.0. The van der Waals surface area contributed by atoms with Gasteiger partial charge in [-0.1, -0.05) is 0 Å². The van der Waals surface area contributed by atoms with Crippen LogP contribution in [0.15, 0.2) is 30.5 Å². The monoisotopic (exact) mass is 259 g/mol. The van der Waals surface area contributed by atoms with E-state index in [9.17, 15) is 0 Å². The van der Waals surface area contributed by atoms with Gasteiger partial charge in [-0.05, 0) is 44.5 Å². The molecule has 0 bridgehead atoms. The highest BCUT2D eigenvalue weighted by atomic mass is 15.2. The number of nitrogens with zero attached hydrogens (tertiary/aromatic N) is 3. The highest BCUT2D eigenvalue weighted by molar-refractivity contribution is 5.55. The summed E-state index contributed by atoms with van der Waals surface area (Å²) >= 11 is 0. The van der Waals surface area contributed by atoms with Crippen LogP contribution in [0.1, 0.15) is 20.3 Å². The van der Waals surface area contributed by atoms with Gasteiger partial charge in [0, 0.05) is 25.3 Å². The molecule has 2 heterocycles. The van der Waals surface area contributed by atoms with E-state index in [0.717, 1.165) is 30.2 Å². The predicted molar refractivity (Wildman–Crippen MR) is 78.0 cm³/mol. The minimum atomic E-state index is -0.161. The molecule has 0 spiro atoms. The van der Waals surface area contributed by atoms with Crippen LogP contribution in [0.5, 0.6) is 0 Å².